The van der Waals surface area contributed by atoms with Gasteiger partial charge in [0.2, 0.25) is 11.8 Å². The number of likely N-dealkylation sites (tertiary alicyclic amines) is 1. The summed E-state index contributed by atoms with van der Waals surface area (Å²) < 4.78 is 27.4. The number of carbonyl (C=O) groups excluding carboxylic acids is 2. The molecule has 0 spiro atoms. The zero-order chi connectivity index (χ0) is 24.1. The molecular formula is C24H29N5O4S. The van der Waals surface area contributed by atoms with E-state index >= 15 is 0 Å². The predicted molar refractivity (Wildman–Crippen MR) is 127 cm³/mol. The van der Waals surface area contributed by atoms with Crippen molar-refractivity contribution >= 4 is 21.8 Å². The molecule has 2 aromatic rings. The minimum absolute atomic E-state index is 0.0626. The van der Waals surface area contributed by atoms with E-state index in [2.05, 4.69) is 20.5 Å². The van der Waals surface area contributed by atoms with E-state index in [0.717, 1.165) is 41.4 Å². The number of hydrogen-bond donors (Lipinski definition) is 2. The molecule has 2 aliphatic rings. The molecule has 2 N–H and O–H groups in total. The molecule has 2 atom stereocenters. The Morgan fingerprint density at radius 1 is 1.18 bits per heavy atom. The van der Waals surface area contributed by atoms with Crippen LogP contribution in [0.1, 0.15) is 30.4 Å². The Morgan fingerprint density at radius 3 is 2.65 bits per heavy atom. The average molecular weight is 484 g/mol. The molecule has 0 unspecified atom stereocenters. The zero-order valence-electron chi connectivity index (χ0n) is 19.1. The lowest BCUT2D eigenvalue weighted by Gasteiger charge is -2.34. The molecule has 4 rings (SSSR count). The summed E-state index contributed by atoms with van der Waals surface area (Å²) in [6, 6.07) is 9.12. The van der Waals surface area contributed by atoms with Crippen molar-refractivity contribution in [3.05, 3.63) is 72.3 Å². The number of pyridine rings is 1. The Kier molecular flexibility index (Phi) is 7.28. The first-order valence-corrected chi connectivity index (χ1v) is 12.7. The molecule has 34 heavy (non-hydrogen) atoms. The number of nitrogens with zero attached hydrogens (tertiary/aromatic N) is 3. The van der Waals surface area contributed by atoms with Gasteiger partial charge < -0.3 is 10.6 Å². The molecule has 0 aliphatic carbocycles. The van der Waals surface area contributed by atoms with Crippen molar-refractivity contribution in [1.82, 2.24) is 24.8 Å². The van der Waals surface area contributed by atoms with Crippen LogP contribution in [0.2, 0.25) is 0 Å². The third-order valence-electron chi connectivity index (χ3n) is 6.06. The lowest BCUT2D eigenvalue weighted by molar-refractivity contribution is -0.130. The van der Waals surface area contributed by atoms with Gasteiger partial charge in [-0.2, -0.15) is 0 Å². The van der Waals surface area contributed by atoms with Crippen molar-refractivity contribution in [2.24, 2.45) is 0 Å². The monoisotopic (exact) mass is 483 g/mol. The number of nitrogens with one attached hydrogen (secondary N) is 2. The molecular weight excluding hydrogens is 454 g/mol. The minimum atomic E-state index is -3.99. The summed E-state index contributed by atoms with van der Waals surface area (Å²) in [6.45, 7) is 4.26. The molecule has 0 radical (unpaired) electrons. The highest BCUT2D eigenvalue weighted by atomic mass is 32.2. The minimum Gasteiger partial charge on any atom is -0.352 e. The highest BCUT2D eigenvalue weighted by Crippen LogP contribution is 2.23. The van der Waals surface area contributed by atoms with Gasteiger partial charge in [0.05, 0.1) is 11.3 Å². The Morgan fingerprint density at radius 2 is 1.91 bits per heavy atom. The first-order valence-electron chi connectivity index (χ1n) is 11.3. The maximum absolute atomic E-state index is 13.2. The van der Waals surface area contributed by atoms with Gasteiger partial charge in [-0.25, -0.2) is 8.42 Å². The first kappa shape index (κ1) is 23.9. The third kappa shape index (κ3) is 5.63. The second kappa shape index (κ2) is 10.4. The van der Waals surface area contributed by atoms with E-state index in [-0.39, 0.29) is 23.3 Å². The number of amides is 2. The molecule has 10 heteroatoms. The van der Waals surface area contributed by atoms with Crippen molar-refractivity contribution in [3.63, 3.8) is 0 Å². The summed E-state index contributed by atoms with van der Waals surface area (Å²) >= 11 is 0. The number of sulfonamides is 1. The molecule has 3 heterocycles. The van der Waals surface area contributed by atoms with Crippen molar-refractivity contribution in [3.8, 4) is 0 Å². The molecule has 1 saturated heterocycles. The quantitative estimate of drug-likeness (QED) is 0.618. The van der Waals surface area contributed by atoms with E-state index < -0.39 is 22.0 Å². The Bertz CT molecular complexity index is 1150. The highest BCUT2D eigenvalue weighted by Gasteiger charge is 2.37. The Balaban J connectivity index is 1.41. The van der Waals surface area contributed by atoms with Crippen LogP contribution in [0.4, 0.5) is 0 Å². The highest BCUT2D eigenvalue weighted by molar-refractivity contribution is 7.89. The lowest BCUT2D eigenvalue weighted by atomic mass is 10.0. The summed E-state index contributed by atoms with van der Waals surface area (Å²) in [6.07, 6.45) is 7.61. The summed E-state index contributed by atoms with van der Waals surface area (Å²) in [7, 11) is -3.99. The molecule has 180 valence electrons. The SMILES string of the molecule is Cc1ccc(S(=O)(=O)N2C=CNC(=O)[C@H]2CC(=O)N[C@H]2CCCN(Cc3ccncc3)C2)cc1. The summed E-state index contributed by atoms with van der Waals surface area (Å²) in [5.41, 5.74) is 2.08. The number of aromatic nitrogens is 1. The van der Waals surface area contributed by atoms with Gasteiger partial charge in [-0.15, -0.1) is 0 Å². The van der Waals surface area contributed by atoms with Crippen molar-refractivity contribution in [2.45, 2.75) is 49.7 Å². The summed E-state index contributed by atoms with van der Waals surface area (Å²) in [4.78, 5) is 31.8. The summed E-state index contributed by atoms with van der Waals surface area (Å²) in [5.74, 6) is -0.883. The molecule has 1 aromatic carbocycles. The topological polar surface area (TPSA) is 112 Å². The van der Waals surface area contributed by atoms with Crippen LogP contribution in [0.25, 0.3) is 0 Å². The van der Waals surface area contributed by atoms with E-state index in [1.54, 1.807) is 24.5 Å². The van der Waals surface area contributed by atoms with Crippen LogP contribution in [0, 0.1) is 6.92 Å². The zero-order valence-corrected chi connectivity index (χ0v) is 19.9. The smallest absolute Gasteiger partial charge is 0.264 e. The van der Waals surface area contributed by atoms with Crippen LogP contribution >= 0.6 is 0 Å². The van der Waals surface area contributed by atoms with Crippen LogP contribution in [-0.4, -0.2) is 59.6 Å². The largest absolute Gasteiger partial charge is 0.352 e. The number of aryl methyl sites for hydroxylation is 1. The average Bonchev–Trinajstić information content (AvgIpc) is 2.81. The van der Waals surface area contributed by atoms with Gasteiger partial charge in [-0.05, 0) is 56.1 Å². The fourth-order valence-electron chi connectivity index (χ4n) is 4.30. The third-order valence-corrected chi connectivity index (χ3v) is 7.86. The summed E-state index contributed by atoms with van der Waals surface area (Å²) in [5, 5.41) is 5.52. The maximum Gasteiger partial charge on any atom is 0.264 e. The normalized spacial score (nSPS) is 21.2. The van der Waals surface area contributed by atoms with Gasteiger partial charge in [0.15, 0.2) is 0 Å². The van der Waals surface area contributed by atoms with Gasteiger partial charge in [-0.3, -0.25) is 23.8 Å². The van der Waals surface area contributed by atoms with Crippen LogP contribution in [0.15, 0.2) is 66.1 Å². The fraction of sp³-hybridized carbons (Fsp3) is 0.375. The van der Waals surface area contributed by atoms with E-state index in [0.29, 0.717) is 6.54 Å². The molecule has 9 nitrogen and oxygen atoms in total. The first-order chi connectivity index (χ1) is 16.3. The molecule has 2 aliphatic heterocycles. The van der Waals surface area contributed by atoms with Crippen LogP contribution in [-0.2, 0) is 26.2 Å². The van der Waals surface area contributed by atoms with Crippen LogP contribution < -0.4 is 10.6 Å². The van der Waals surface area contributed by atoms with Gasteiger partial charge in [0, 0.05) is 43.9 Å². The molecule has 0 saturated carbocycles. The molecule has 0 bridgehead atoms. The second-order valence-corrected chi connectivity index (χ2v) is 10.5. The van der Waals surface area contributed by atoms with Crippen molar-refractivity contribution in [1.29, 1.82) is 0 Å². The van der Waals surface area contributed by atoms with Gasteiger partial charge in [0.1, 0.15) is 6.04 Å². The van der Waals surface area contributed by atoms with Gasteiger partial charge >= 0.3 is 0 Å². The van der Waals surface area contributed by atoms with Crippen LogP contribution in [0.3, 0.4) is 0 Å². The van der Waals surface area contributed by atoms with Crippen LogP contribution in [0.5, 0.6) is 0 Å². The standard InChI is InChI=1S/C24H29N5O4S/c1-18-4-6-21(7-5-18)34(32,33)29-14-12-26-24(31)22(29)15-23(30)27-20-3-2-13-28(17-20)16-19-8-10-25-11-9-19/h4-12,14,20,22H,2-3,13,15-17H2,1H3,(H,26,31)(H,27,30)/t20-,22+/m0/s1. The maximum atomic E-state index is 13.2. The predicted octanol–water partition coefficient (Wildman–Crippen LogP) is 1.52. The van der Waals surface area contributed by atoms with E-state index in [4.69, 9.17) is 0 Å². The Hall–Kier alpha value is -3.24. The van der Waals surface area contributed by atoms with Crippen molar-refractivity contribution in [2.75, 3.05) is 13.1 Å². The second-order valence-electron chi connectivity index (χ2n) is 8.69. The molecule has 1 aromatic heterocycles. The van der Waals surface area contributed by atoms with Gasteiger partial charge in [-0.1, -0.05) is 17.7 Å². The number of rotatable bonds is 7. The number of hydrogen-bond acceptors (Lipinski definition) is 6. The number of carbonyl (C=O) groups is 2. The lowest BCUT2D eigenvalue weighted by Crippen LogP contribution is -2.53. The molecule has 2 amide bonds. The molecule has 1 fully saturated rings. The Labute approximate surface area is 199 Å². The fourth-order valence-corrected chi connectivity index (χ4v) is 5.75. The van der Waals surface area contributed by atoms with E-state index in [9.17, 15) is 18.0 Å². The van der Waals surface area contributed by atoms with E-state index in [1.165, 1.54) is 24.5 Å². The van der Waals surface area contributed by atoms with Gasteiger partial charge in [0.25, 0.3) is 10.0 Å². The van der Waals surface area contributed by atoms with Crippen molar-refractivity contribution < 1.29 is 18.0 Å². The number of piperidine rings is 1. The number of benzene rings is 1. The van der Waals surface area contributed by atoms with E-state index in [1.807, 2.05) is 19.1 Å².